The summed E-state index contributed by atoms with van der Waals surface area (Å²) in [6.07, 6.45) is 0. The molecule has 0 fully saturated rings. The molecule has 1 aliphatic rings. The molecule has 0 amide bonds. The number of furan rings is 1. The Morgan fingerprint density at radius 3 is 1.94 bits per heavy atom. The van der Waals surface area contributed by atoms with E-state index >= 15 is 0 Å². The normalized spacial score (nSPS) is 12.4. The van der Waals surface area contributed by atoms with Gasteiger partial charge in [-0.15, -0.1) is 0 Å². The van der Waals surface area contributed by atoms with Crippen LogP contribution in [0.25, 0.3) is 115 Å². The van der Waals surface area contributed by atoms with Crippen molar-refractivity contribution in [2.75, 3.05) is 0 Å². The van der Waals surface area contributed by atoms with Crippen molar-refractivity contribution in [3.05, 3.63) is 164 Å². The van der Waals surface area contributed by atoms with Crippen LogP contribution in [0.4, 0.5) is 0 Å². The van der Waals surface area contributed by atoms with E-state index in [-0.39, 0.29) is 0 Å². The molecule has 0 bridgehead atoms. The minimum atomic E-state index is 0.927. The Bertz CT molecular complexity index is 3240. The van der Waals surface area contributed by atoms with Gasteiger partial charge in [-0.2, -0.15) is 0 Å². The molecule has 2 heterocycles. The number of nitrogens with zero attached hydrogens (tertiary/aromatic N) is 1. The van der Waals surface area contributed by atoms with Crippen molar-refractivity contribution in [1.82, 2.24) is 4.57 Å². The van der Waals surface area contributed by atoms with Crippen LogP contribution in [0.15, 0.2) is 168 Å². The lowest BCUT2D eigenvalue weighted by molar-refractivity contribution is 0.669. The number of hydrogen-bond acceptors (Lipinski definition) is 1. The second kappa shape index (κ2) is 9.49. The van der Waals surface area contributed by atoms with Gasteiger partial charge in [0.05, 0.1) is 11.0 Å². The lowest BCUT2D eigenvalue weighted by atomic mass is 9.93. The van der Waals surface area contributed by atoms with Crippen LogP contribution < -0.4 is 0 Å². The summed E-state index contributed by atoms with van der Waals surface area (Å²) in [6.45, 7) is 0. The van der Waals surface area contributed by atoms with Crippen molar-refractivity contribution in [2.45, 2.75) is 0 Å². The molecule has 0 saturated carbocycles. The van der Waals surface area contributed by atoms with Crippen molar-refractivity contribution in [3.63, 3.8) is 0 Å². The van der Waals surface area contributed by atoms with Crippen LogP contribution in [0.3, 0.4) is 0 Å². The van der Waals surface area contributed by atoms with Gasteiger partial charge in [0.1, 0.15) is 11.2 Å². The summed E-state index contributed by atoms with van der Waals surface area (Å²) in [5.41, 5.74) is 13.3. The molecule has 0 atom stereocenters. The number of benzene rings is 9. The molecule has 0 radical (unpaired) electrons. The van der Waals surface area contributed by atoms with E-state index in [0.29, 0.717) is 0 Å². The van der Waals surface area contributed by atoms with E-state index in [1.807, 2.05) is 6.07 Å². The van der Waals surface area contributed by atoms with Gasteiger partial charge in [0, 0.05) is 27.2 Å². The standard InChI is InChI=1S/C48H27NO/c1-2-9-34-33(8-1)36-13-7-12-35-32(20-21-37(34)46(35)36)30-17-16-29-27-31(19-18-28(29)26-30)49-42-14-5-3-10-40(42)47-38-23-25-45-48(39(38)22-24-43(47)49)41-11-4-6-15-44(41)50-45/h1-27H. The van der Waals surface area contributed by atoms with Gasteiger partial charge in [-0.3, -0.25) is 0 Å². The molecule has 2 nitrogen and oxygen atoms in total. The van der Waals surface area contributed by atoms with Crippen LogP contribution >= 0.6 is 0 Å². The Hall–Kier alpha value is -6.64. The molecule has 1 aliphatic carbocycles. The molecule has 230 valence electrons. The van der Waals surface area contributed by atoms with E-state index in [1.165, 1.54) is 92.9 Å². The van der Waals surface area contributed by atoms with Gasteiger partial charge in [0.2, 0.25) is 0 Å². The fraction of sp³-hybridized carbons (Fsp3) is 0. The molecule has 9 aromatic carbocycles. The predicted octanol–water partition coefficient (Wildman–Crippen LogP) is 13.5. The van der Waals surface area contributed by atoms with Crippen LogP contribution in [0, 0.1) is 0 Å². The molecule has 50 heavy (non-hydrogen) atoms. The maximum Gasteiger partial charge on any atom is 0.136 e. The van der Waals surface area contributed by atoms with Crippen molar-refractivity contribution in [3.8, 4) is 39.1 Å². The summed E-state index contributed by atoms with van der Waals surface area (Å²) < 4.78 is 8.68. The molecule has 0 unspecified atom stereocenters. The second-order valence-corrected chi connectivity index (χ2v) is 13.6. The molecule has 0 saturated heterocycles. The Morgan fingerprint density at radius 1 is 0.340 bits per heavy atom. The summed E-state index contributed by atoms with van der Waals surface area (Å²) in [7, 11) is 0. The van der Waals surface area contributed by atoms with Crippen LogP contribution in [-0.4, -0.2) is 4.57 Å². The first-order valence-corrected chi connectivity index (χ1v) is 17.3. The van der Waals surface area contributed by atoms with Gasteiger partial charge in [0.15, 0.2) is 0 Å². The molecule has 0 N–H and O–H groups in total. The smallest absolute Gasteiger partial charge is 0.136 e. The van der Waals surface area contributed by atoms with Crippen LogP contribution in [0.1, 0.15) is 0 Å². The minimum Gasteiger partial charge on any atom is -0.456 e. The Balaban J connectivity index is 1.04. The van der Waals surface area contributed by atoms with E-state index in [2.05, 4.69) is 162 Å². The van der Waals surface area contributed by atoms with Gasteiger partial charge in [-0.25, -0.2) is 0 Å². The monoisotopic (exact) mass is 633 g/mol. The zero-order valence-electron chi connectivity index (χ0n) is 26.9. The molecule has 2 aromatic heterocycles. The van der Waals surface area contributed by atoms with Crippen molar-refractivity contribution in [2.24, 2.45) is 0 Å². The molecule has 11 aromatic rings. The molecule has 12 rings (SSSR count). The third-order valence-electron chi connectivity index (χ3n) is 11.1. The fourth-order valence-corrected chi connectivity index (χ4v) is 8.98. The average Bonchev–Trinajstić information content (AvgIpc) is 3.83. The summed E-state index contributed by atoms with van der Waals surface area (Å²) in [5, 5.41) is 12.5. The zero-order valence-corrected chi connectivity index (χ0v) is 26.9. The highest BCUT2D eigenvalue weighted by Gasteiger charge is 2.22. The van der Waals surface area contributed by atoms with Gasteiger partial charge >= 0.3 is 0 Å². The topological polar surface area (TPSA) is 18.1 Å². The lowest BCUT2D eigenvalue weighted by Crippen LogP contribution is -1.94. The van der Waals surface area contributed by atoms with E-state index in [4.69, 9.17) is 4.42 Å². The van der Waals surface area contributed by atoms with Gasteiger partial charge in [-0.05, 0) is 114 Å². The summed E-state index contributed by atoms with van der Waals surface area (Å²) in [6, 6.07) is 60.1. The highest BCUT2D eigenvalue weighted by molar-refractivity contribution is 6.28. The van der Waals surface area contributed by atoms with Crippen molar-refractivity contribution in [1.29, 1.82) is 0 Å². The summed E-state index contributed by atoms with van der Waals surface area (Å²) in [5.74, 6) is 0. The highest BCUT2D eigenvalue weighted by Crippen LogP contribution is 2.49. The van der Waals surface area contributed by atoms with Crippen LogP contribution in [-0.2, 0) is 0 Å². The largest absolute Gasteiger partial charge is 0.456 e. The van der Waals surface area contributed by atoms with Crippen molar-refractivity contribution >= 4 is 76.1 Å². The molecule has 2 heteroatoms. The van der Waals surface area contributed by atoms with Crippen LogP contribution in [0.2, 0.25) is 0 Å². The Labute approximate surface area is 287 Å². The van der Waals surface area contributed by atoms with E-state index < -0.39 is 0 Å². The maximum absolute atomic E-state index is 6.25. The second-order valence-electron chi connectivity index (χ2n) is 13.6. The predicted molar refractivity (Wildman–Crippen MR) is 210 cm³/mol. The number of hydrogen-bond donors (Lipinski definition) is 0. The Morgan fingerprint density at radius 2 is 1.02 bits per heavy atom. The number of aromatic nitrogens is 1. The lowest BCUT2D eigenvalue weighted by Gasteiger charge is -2.12. The SMILES string of the molecule is c1ccc2c(c1)-c1cccc3c(-c4ccc5cc(-n6c7ccccc7c7c8ccc9oc%10ccccc%10c9c8ccc76)ccc5c4)ccc-2c13. The van der Waals surface area contributed by atoms with Crippen molar-refractivity contribution < 1.29 is 4.42 Å². The molecular formula is C48H27NO. The fourth-order valence-electron chi connectivity index (χ4n) is 8.98. The zero-order chi connectivity index (χ0) is 32.5. The average molecular weight is 634 g/mol. The van der Waals surface area contributed by atoms with Gasteiger partial charge < -0.3 is 8.98 Å². The Kier molecular flexibility index (Phi) is 5.00. The van der Waals surface area contributed by atoms with Gasteiger partial charge in [-0.1, -0.05) is 115 Å². The third-order valence-corrected chi connectivity index (χ3v) is 11.1. The number of fused-ring (bicyclic) bond motifs is 13. The summed E-state index contributed by atoms with van der Waals surface area (Å²) in [4.78, 5) is 0. The first-order chi connectivity index (χ1) is 24.8. The number of rotatable bonds is 2. The minimum absolute atomic E-state index is 0.927. The first-order valence-electron chi connectivity index (χ1n) is 17.3. The van der Waals surface area contributed by atoms with E-state index in [1.54, 1.807) is 0 Å². The highest BCUT2D eigenvalue weighted by atomic mass is 16.3. The van der Waals surface area contributed by atoms with E-state index in [9.17, 15) is 0 Å². The third kappa shape index (κ3) is 3.37. The number of para-hydroxylation sites is 2. The van der Waals surface area contributed by atoms with Gasteiger partial charge in [0.25, 0.3) is 0 Å². The van der Waals surface area contributed by atoms with Crippen LogP contribution in [0.5, 0.6) is 0 Å². The quantitative estimate of drug-likeness (QED) is 0.185. The summed E-state index contributed by atoms with van der Waals surface area (Å²) >= 11 is 0. The maximum atomic E-state index is 6.25. The molecule has 0 aliphatic heterocycles. The first kappa shape index (κ1) is 26.3. The molecule has 0 spiro atoms. The molecular weight excluding hydrogens is 607 g/mol. The van der Waals surface area contributed by atoms with E-state index in [0.717, 1.165) is 22.2 Å².